The van der Waals surface area contributed by atoms with Gasteiger partial charge < -0.3 is 15.0 Å². The standard InChI is InChI=1S/C17H17N3O2S/c1-10(16-19-12-4-2-3-5-13(12)20-16)18-17(21)15-8-11-9-22-7-6-14(11)23-15/h2-5,8,10H,6-7,9H2,1H3,(H,18,21)(H,19,20)/t10-/m0/s1. The molecular formula is C17H17N3O2S. The number of ether oxygens (including phenoxy) is 1. The number of nitrogens with zero attached hydrogens (tertiary/aromatic N) is 1. The molecule has 0 bridgehead atoms. The minimum Gasteiger partial charge on any atom is -0.376 e. The van der Waals surface area contributed by atoms with Crippen LogP contribution in [0.15, 0.2) is 30.3 Å². The Labute approximate surface area is 137 Å². The molecule has 0 aliphatic carbocycles. The van der Waals surface area contributed by atoms with Crippen LogP contribution in [0.4, 0.5) is 0 Å². The summed E-state index contributed by atoms with van der Waals surface area (Å²) in [6, 6.07) is 9.62. The number of aromatic nitrogens is 2. The number of rotatable bonds is 3. The van der Waals surface area contributed by atoms with E-state index in [0.29, 0.717) is 6.61 Å². The van der Waals surface area contributed by atoms with Gasteiger partial charge in [0.25, 0.3) is 5.91 Å². The lowest BCUT2D eigenvalue weighted by molar-refractivity contribution is 0.0942. The molecule has 1 aromatic carbocycles. The molecule has 0 saturated heterocycles. The smallest absolute Gasteiger partial charge is 0.261 e. The first-order valence-electron chi connectivity index (χ1n) is 7.65. The summed E-state index contributed by atoms with van der Waals surface area (Å²) < 4.78 is 5.43. The first-order chi connectivity index (χ1) is 11.2. The third kappa shape index (κ3) is 2.75. The van der Waals surface area contributed by atoms with E-state index in [4.69, 9.17) is 4.74 Å². The second-order valence-corrected chi connectivity index (χ2v) is 6.83. The predicted molar refractivity (Wildman–Crippen MR) is 89.7 cm³/mol. The number of aromatic amines is 1. The molecule has 0 unspecified atom stereocenters. The van der Waals surface area contributed by atoms with Crippen LogP contribution in [0.3, 0.4) is 0 Å². The third-order valence-corrected chi connectivity index (χ3v) is 5.25. The number of hydrogen-bond acceptors (Lipinski definition) is 4. The van der Waals surface area contributed by atoms with Crippen LogP contribution in [0.25, 0.3) is 11.0 Å². The van der Waals surface area contributed by atoms with Crippen LogP contribution in [-0.4, -0.2) is 22.5 Å². The Morgan fingerprint density at radius 1 is 1.43 bits per heavy atom. The molecule has 4 rings (SSSR count). The Hall–Kier alpha value is -2.18. The molecule has 3 heterocycles. The fourth-order valence-electron chi connectivity index (χ4n) is 2.77. The largest absolute Gasteiger partial charge is 0.376 e. The lowest BCUT2D eigenvalue weighted by Crippen LogP contribution is -2.26. The van der Waals surface area contributed by atoms with Gasteiger partial charge in [0.05, 0.1) is 35.2 Å². The van der Waals surface area contributed by atoms with Crippen LogP contribution < -0.4 is 5.32 Å². The maximum Gasteiger partial charge on any atom is 0.261 e. The molecule has 3 aromatic rings. The zero-order chi connectivity index (χ0) is 15.8. The monoisotopic (exact) mass is 327 g/mol. The molecule has 1 amide bonds. The van der Waals surface area contributed by atoms with Gasteiger partial charge in [-0.1, -0.05) is 12.1 Å². The number of imidazole rings is 1. The van der Waals surface area contributed by atoms with E-state index in [-0.39, 0.29) is 11.9 Å². The molecule has 118 valence electrons. The van der Waals surface area contributed by atoms with Crippen LogP contribution in [0.1, 0.15) is 38.9 Å². The molecule has 0 spiro atoms. The summed E-state index contributed by atoms with van der Waals surface area (Å²) >= 11 is 1.56. The summed E-state index contributed by atoms with van der Waals surface area (Å²) in [5, 5.41) is 3.02. The highest BCUT2D eigenvalue weighted by molar-refractivity contribution is 7.14. The second kappa shape index (κ2) is 5.79. The number of fused-ring (bicyclic) bond motifs is 2. The number of para-hydroxylation sites is 2. The highest BCUT2D eigenvalue weighted by Crippen LogP contribution is 2.27. The normalized spacial score (nSPS) is 15.3. The van der Waals surface area contributed by atoms with Crippen LogP contribution in [-0.2, 0) is 17.8 Å². The average molecular weight is 327 g/mol. The summed E-state index contributed by atoms with van der Waals surface area (Å²) in [6.45, 7) is 3.29. The molecule has 23 heavy (non-hydrogen) atoms. The summed E-state index contributed by atoms with van der Waals surface area (Å²) in [5.74, 6) is 0.710. The van der Waals surface area contributed by atoms with E-state index in [1.165, 1.54) is 4.88 Å². The van der Waals surface area contributed by atoms with E-state index < -0.39 is 0 Å². The van der Waals surface area contributed by atoms with Gasteiger partial charge in [-0.05, 0) is 30.7 Å². The Bertz CT molecular complexity index is 811. The number of benzene rings is 1. The van der Waals surface area contributed by atoms with Gasteiger partial charge in [0.2, 0.25) is 0 Å². The zero-order valence-corrected chi connectivity index (χ0v) is 13.6. The van der Waals surface area contributed by atoms with Gasteiger partial charge in [-0.15, -0.1) is 11.3 Å². The number of H-pyrrole nitrogens is 1. The Morgan fingerprint density at radius 2 is 2.30 bits per heavy atom. The maximum atomic E-state index is 12.5. The zero-order valence-electron chi connectivity index (χ0n) is 12.8. The number of amides is 1. The van der Waals surface area contributed by atoms with Gasteiger partial charge in [0.15, 0.2) is 0 Å². The number of thiophene rings is 1. The number of hydrogen-bond donors (Lipinski definition) is 2. The first-order valence-corrected chi connectivity index (χ1v) is 8.47. The molecule has 1 atom stereocenters. The first kappa shape index (κ1) is 14.4. The van der Waals surface area contributed by atoms with Crippen LogP contribution in [0, 0.1) is 0 Å². The second-order valence-electron chi connectivity index (χ2n) is 5.70. The van der Waals surface area contributed by atoms with Gasteiger partial charge in [-0.2, -0.15) is 0 Å². The van der Waals surface area contributed by atoms with E-state index in [2.05, 4.69) is 15.3 Å². The van der Waals surface area contributed by atoms with Crippen molar-refractivity contribution in [3.05, 3.63) is 51.5 Å². The minimum atomic E-state index is -0.176. The average Bonchev–Trinajstić information content (AvgIpc) is 3.18. The number of carbonyl (C=O) groups is 1. The Kier molecular flexibility index (Phi) is 3.63. The van der Waals surface area contributed by atoms with Crippen molar-refractivity contribution in [3.8, 4) is 0 Å². The van der Waals surface area contributed by atoms with Gasteiger partial charge in [0.1, 0.15) is 5.82 Å². The minimum absolute atomic E-state index is 0.0580. The van der Waals surface area contributed by atoms with E-state index in [9.17, 15) is 4.79 Å². The van der Waals surface area contributed by atoms with Crippen molar-refractivity contribution in [1.29, 1.82) is 0 Å². The molecule has 0 radical (unpaired) electrons. The SMILES string of the molecule is C[C@H](NC(=O)c1cc2c(s1)CCOC2)c1nc2ccccc2[nH]1. The lowest BCUT2D eigenvalue weighted by atomic mass is 10.2. The van der Waals surface area contributed by atoms with E-state index in [1.807, 2.05) is 37.3 Å². The molecule has 2 N–H and O–H groups in total. The predicted octanol–water partition coefficient (Wildman–Crippen LogP) is 3.19. The van der Waals surface area contributed by atoms with Crippen molar-refractivity contribution in [3.63, 3.8) is 0 Å². The van der Waals surface area contributed by atoms with Crippen LogP contribution in [0.5, 0.6) is 0 Å². The van der Waals surface area contributed by atoms with Gasteiger partial charge in [-0.3, -0.25) is 4.79 Å². The summed E-state index contributed by atoms with van der Waals surface area (Å²) in [5.41, 5.74) is 3.03. The topological polar surface area (TPSA) is 67.0 Å². The Morgan fingerprint density at radius 3 is 3.13 bits per heavy atom. The quantitative estimate of drug-likeness (QED) is 0.776. The summed E-state index contributed by atoms with van der Waals surface area (Å²) in [4.78, 5) is 22.3. The highest BCUT2D eigenvalue weighted by atomic mass is 32.1. The van der Waals surface area contributed by atoms with Crippen molar-refractivity contribution in [1.82, 2.24) is 15.3 Å². The van der Waals surface area contributed by atoms with E-state index in [1.54, 1.807) is 11.3 Å². The molecule has 0 saturated carbocycles. The van der Waals surface area contributed by atoms with Gasteiger partial charge >= 0.3 is 0 Å². The third-order valence-electron chi connectivity index (χ3n) is 4.02. The van der Waals surface area contributed by atoms with Crippen LogP contribution >= 0.6 is 11.3 Å². The molecule has 1 aliphatic rings. The Balaban J connectivity index is 1.52. The van der Waals surface area contributed by atoms with Crippen molar-refractivity contribution in [2.24, 2.45) is 0 Å². The highest BCUT2D eigenvalue weighted by Gasteiger charge is 2.20. The molecule has 5 nitrogen and oxygen atoms in total. The molecular weight excluding hydrogens is 310 g/mol. The van der Waals surface area contributed by atoms with Crippen molar-refractivity contribution < 1.29 is 9.53 Å². The van der Waals surface area contributed by atoms with Gasteiger partial charge in [-0.25, -0.2) is 4.98 Å². The fourth-order valence-corrected chi connectivity index (χ4v) is 3.83. The molecule has 1 aliphatic heterocycles. The van der Waals surface area contributed by atoms with E-state index >= 15 is 0 Å². The number of carbonyl (C=O) groups excluding carboxylic acids is 1. The van der Waals surface area contributed by atoms with Gasteiger partial charge in [0, 0.05) is 11.3 Å². The van der Waals surface area contributed by atoms with Crippen molar-refractivity contribution in [2.75, 3.05) is 6.61 Å². The number of nitrogens with one attached hydrogen (secondary N) is 2. The summed E-state index contributed by atoms with van der Waals surface area (Å²) in [6.07, 6.45) is 0.895. The van der Waals surface area contributed by atoms with E-state index in [0.717, 1.165) is 40.3 Å². The molecule has 6 heteroatoms. The fraction of sp³-hybridized carbons (Fsp3) is 0.294. The van der Waals surface area contributed by atoms with Crippen molar-refractivity contribution >= 4 is 28.3 Å². The van der Waals surface area contributed by atoms with Crippen molar-refractivity contribution in [2.45, 2.75) is 26.0 Å². The maximum absolute atomic E-state index is 12.5. The summed E-state index contributed by atoms with van der Waals surface area (Å²) in [7, 11) is 0. The lowest BCUT2D eigenvalue weighted by Gasteiger charge is -2.10. The van der Waals surface area contributed by atoms with Crippen LogP contribution in [0.2, 0.25) is 0 Å². The molecule has 0 fully saturated rings. The molecule has 2 aromatic heterocycles.